The Morgan fingerprint density at radius 3 is 2.47 bits per heavy atom. The normalized spacial score (nSPS) is 22.9. The fourth-order valence-corrected chi connectivity index (χ4v) is 3.05. The third-order valence-electron chi connectivity index (χ3n) is 2.79. The van der Waals surface area contributed by atoms with Crippen LogP contribution in [0.3, 0.4) is 0 Å². The van der Waals surface area contributed by atoms with Crippen LogP contribution in [0.25, 0.3) is 0 Å². The van der Waals surface area contributed by atoms with Crippen molar-refractivity contribution in [2.75, 3.05) is 19.6 Å². The van der Waals surface area contributed by atoms with Gasteiger partial charge in [0, 0.05) is 25.7 Å². The Labute approximate surface area is 92.2 Å². The van der Waals surface area contributed by atoms with Gasteiger partial charge in [-0.05, 0) is 25.7 Å². The lowest BCUT2D eigenvalue weighted by atomic mass is 10.0. The maximum absolute atomic E-state index is 11.8. The lowest BCUT2D eigenvalue weighted by Crippen LogP contribution is -2.49. The minimum Gasteiger partial charge on any atom is -0.329 e. The highest BCUT2D eigenvalue weighted by atomic mass is 32.2. The fourth-order valence-electron chi connectivity index (χ4n) is 1.60. The van der Waals surface area contributed by atoms with Crippen molar-refractivity contribution in [1.82, 2.24) is 9.03 Å². The molecular formula is C9H21N3O2S. The summed E-state index contributed by atoms with van der Waals surface area (Å²) in [5.41, 5.74) is 5.39. The maximum Gasteiger partial charge on any atom is 0.279 e. The Morgan fingerprint density at radius 1 is 1.47 bits per heavy atom. The quantitative estimate of drug-likeness (QED) is 0.714. The SMILES string of the molecule is CC1CCN(S(=O)(=O)N[C@H](C)CN)CC1. The molecule has 0 radical (unpaired) electrons. The maximum atomic E-state index is 11.8. The van der Waals surface area contributed by atoms with Gasteiger partial charge in [0.05, 0.1) is 0 Å². The summed E-state index contributed by atoms with van der Waals surface area (Å²) in [5, 5.41) is 0. The predicted octanol–water partition coefficient (Wildman–Crippen LogP) is -0.100. The molecule has 15 heavy (non-hydrogen) atoms. The highest BCUT2D eigenvalue weighted by Crippen LogP contribution is 2.17. The molecule has 5 nitrogen and oxygen atoms in total. The Balaban J connectivity index is 2.54. The first-order valence-corrected chi connectivity index (χ1v) is 6.87. The van der Waals surface area contributed by atoms with Crippen LogP contribution in [0.15, 0.2) is 0 Å². The molecule has 6 heteroatoms. The van der Waals surface area contributed by atoms with E-state index in [1.807, 2.05) is 0 Å². The molecule has 0 spiro atoms. The number of rotatable bonds is 4. The van der Waals surface area contributed by atoms with Crippen LogP contribution >= 0.6 is 0 Å². The zero-order valence-electron chi connectivity index (χ0n) is 9.44. The van der Waals surface area contributed by atoms with Gasteiger partial charge in [0.25, 0.3) is 10.2 Å². The predicted molar refractivity (Wildman–Crippen MR) is 60.5 cm³/mol. The lowest BCUT2D eigenvalue weighted by molar-refractivity contribution is 0.284. The van der Waals surface area contributed by atoms with Gasteiger partial charge in [0.15, 0.2) is 0 Å². The number of hydrogen-bond donors (Lipinski definition) is 2. The Kier molecular flexibility index (Phi) is 4.51. The smallest absolute Gasteiger partial charge is 0.279 e. The molecule has 0 unspecified atom stereocenters. The first-order valence-electron chi connectivity index (χ1n) is 5.43. The van der Waals surface area contributed by atoms with Crippen LogP contribution in [0.4, 0.5) is 0 Å². The molecule has 1 heterocycles. The molecule has 1 aliphatic rings. The van der Waals surface area contributed by atoms with Crippen molar-refractivity contribution in [3.63, 3.8) is 0 Å². The van der Waals surface area contributed by atoms with Crippen molar-refractivity contribution in [2.45, 2.75) is 32.7 Å². The van der Waals surface area contributed by atoms with Gasteiger partial charge in [-0.1, -0.05) is 6.92 Å². The standard InChI is InChI=1S/C9H21N3O2S/c1-8-3-5-12(6-4-8)15(13,14)11-9(2)7-10/h8-9,11H,3-7,10H2,1-2H3/t9-/m1/s1. The molecular weight excluding hydrogens is 214 g/mol. The molecule has 0 aromatic heterocycles. The van der Waals surface area contributed by atoms with Crippen LogP contribution in [0.5, 0.6) is 0 Å². The average molecular weight is 235 g/mol. The topological polar surface area (TPSA) is 75.4 Å². The largest absolute Gasteiger partial charge is 0.329 e. The second-order valence-electron chi connectivity index (χ2n) is 4.34. The van der Waals surface area contributed by atoms with Crippen molar-refractivity contribution in [3.05, 3.63) is 0 Å². The summed E-state index contributed by atoms with van der Waals surface area (Å²) in [6.45, 7) is 5.48. The van der Waals surface area contributed by atoms with Gasteiger partial charge in [-0.3, -0.25) is 0 Å². The summed E-state index contributed by atoms with van der Waals surface area (Å²) >= 11 is 0. The highest BCUT2D eigenvalue weighted by molar-refractivity contribution is 7.87. The van der Waals surface area contributed by atoms with E-state index in [2.05, 4.69) is 11.6 Å². The fraction of sp³-hybridized carbons (Fsp3) is 1.00. The van der Waals surface area contributed by atoms with Crippen molar-refractivity contribution in [2.24, 2.45) is 11.7 Å². The molecule has 1 saturated heterocycles. The molecule has 0 aromatic carbocycles. The molecule has 1 aliphatic heterocycles. The molecule has 0 amide bonds. The van der Waals surface area contributed by atoms with E-state index in [0.29, 0.717) is 25.6 Å². The van der Waals surface area contributed by atoms with Crippen LogP contribution < -0.4 is 10.5 Å². The van der Waals surface area contributed by atoms with Crippen LogP contribution in [-0.2, 0) is 10.2 Å². The van der Waals surface area contributed by atoms with E-state index in [1.165, 1.54) is 4.31 Å². The molecule has 3 N–H and O–H groups in total. The summed E-state index contributed by atoms with van der Waals surface area (Å²) in [6, 6.07) is -0.200. The van der Waals surface area contributed by atoms with Crippen molar-refractivity contribution in [3.8, 4) is 0 Å². The molecule has 1 rings (SSSR count). The Hall–Kier alpha value is -0.170. The van der Waals surface area contributed by atoms with Gasteiger partial charge in [-0.25, -0.2) is 0 Å². The zero-order valence-corrected chi connectivity index (χ0v) is 10.3. The van der Waals surface area contributed by atoms with E-state index < -0.39 is 10.2 Å². The van der Waals surface area contributed by atoms with Crippen LogP contribution in [0.2, 0.25) is 0 Å². The van der Waals surface area contributed by atoms with Crippen molar-refractivity contribution < 1.29 is 8.42 Å². The molecule has 0 saturated carbocycles. The Morgan fingerprint density at radius 2 is 2.00 bits per heavy atom. The number of nitrogens with one attached hydrogen (secondary N) is 1. The van der Waals surface area contributed by atoms with E-state index in [-0.39, 0.29) is 6.04 Å². The second-order valence-corrected chi connectivity index (χ2v) is 6.04. The van der Waals surface area contributed by atoms with Crippen LogP contribution in [0.1, 0.15) is 26.7 Å². The van der Waals surface area contributed by atoms with E-state index in [0.717, 1.165) is 12.8 Å². The third kappa shape index (κ3) is 3.71. The minimum absolute atomic E-state index is 0.200. The van der Waals surface area contributed by atoms with Crippen LogP contribution in [-0.4, -0.2) is 38.4 Å². The molecule has 90 valence electrons. The summed E-state index contributed by atoms with van der Waals surface area (Å²) in [5.74, 6) is 0.628. The molecule has 0 bridgehead atoms. The third-order valence-corrected chi connectivity index (χ3v) is 4.53. The summed E-state index contributed by atoms with van der Waals surface area (Å²) < 4.78 is 27.7. The molecule has 1 fully saturated rings. The Bertz CT molecular complexity index is 284. The van der Waals surface area contributed by atoms with Gasteiger partial charge in [0.2, 0.25) is 0 Å². The van der Waals surface area contributed by atoms with Gasteiger partial charge < -0.3 is 5.73 Å². The van der Waals surface area contributed by atoms with Crippen molar-refractivity contribution in [1.29, 1.82) is 0 Å². The zero-order chi connectivity index (χ0) is 11.5. The van der Waals surface area contributed by atoms with Gasteiger partial charge in [0.1, 0.15) is 0 Å². The second kappa shape index (κ2) is 5.25. The van der Waals surface area contributed by atoms with Crippen LogP contribution in [0, 0.1) is 5.92 Å². The van der Waals surface area contributed by atoms with E-state index >= 15 is 0 Å². The van der Waals surface area contributed by atoms with Gasteiger partial charge >= 0.3 is 0 Å². The van der Waals surface area contributed by atoms with E-state index in [4.69, 9.17) is 5.73 Å². The van der Waals surface area contributed by atoms with Crippen molar-refractivity contribution >= 4 is 10.2 Å². The molecule has 1 atom stereocenters. The number of hydrogen-bond acceptors (Lipinski definition) is 3. The highest BCUT2D eigenvalue weighted by Gasteiger charge is 2.26. The van der Waals surface area contributed by atoms with Gasteiger partial charge in [-0.15, -0.1) is 0 Å². The summed E-state index contributed by atoms with van der Waals surface area (Å²) in [6.07, 6.45) is 1.88. The molecule has 0 aliphatic carbocycles. The lowest BCUT2D eigenvalue weighted by Gasteiger charge is -2.30. The summed E-state index contributed by atoms with van der Waals surface area (Å²) in [4.78, 5) is 0. The summed E-state index contributed by atoms with van der Waals surface area (Å²) in [7, 11) is -3.31. The van der Waals surface area contributed by atoms with E-state index in [9.17, 15) is 8.42 Å². The minimum atomic E-state index is -3.31. The monoisotopic (exact) mass is 235 g/mol. The van der Waals surface area contributed by atoms with E-state index in [1.54, 1.807) is 6.92 Å². The number of piperidine rings is 1. The average Bonchev–Trinajstić information content (AvgIpc) is 2.17. The van der Waals surface area contributed by atoms with Gasteiger partial charge in [-0.2, -0.15) is 17.4 Å². The molecule has 0 aromatic rings. The number of nitrogens with two attached hydrogens (primary N) is 1. The number of nitrogens with zero attached hydrogens (tertiary/aromatic N) is 1. The first kappa shape index (κ1) is 12.9. The first-order chi connectivity index (χ1) is 6.95.